The van der Waals surface area contributed by atoms with E-state index in [1.165, 1.54) is 0 Å². The van der Waals surface area contributed by atoms with Gasteiger partial charge in [-0.25, -0.2) is 4.98 Å². The molecule has 1 aliphatic rings. The lowest BCUT2D eigenvalue weighted by Crippen LogP contribution is -2.22. The molecule has 4 nitrogen and oxygen atoms in total. The summed E-state index contributed by atoms with van der Waals surface area (Å²) in [4.78, 5) is 4.49. The fraction of sp³-hybridized carbons (Fsp3) is 0.500. The third-order valence-electron chi connectivity index (χ3n) is 5.17. The van der Waals surface area contributed by atoms with Crippen molar-refractivity contribution in [2.75, 3.05) is 5.32 Å². The summed E-state index contributed by atoms with van der Waals surface area (Å²) in [5.74, 6) is 0.709. The van der Waals surface area contributed by atoms with Gasteiger partial charge in [0.25, 0.3) is 0 Å². The Kier molecular flexibility index (Phi) is 12.0. The van der Waals surface area contributed by atoms with Crippen LogP contribution >= 0.6 is 31.0 Å². The van der Waals surface area contributed by atoms with Crippen LogP contribution < -0.4 is 5.32 Å². The number of allylic oxidation sites excluding steroid dienone is 3. The average molecular weight is 595 g/mol. The van der Waals surface area contributed by atoms with Gasteiger partial charge in [-0.1, -0.05) is 40.3 Å². The number of thiol groups is 1. The summed E-state index contributed by atoms with van der Waals surface area (Å²) in [6.45, 7) is 15.7. The van der Waals surface area contributed by atoms with Crippen molar-refractivity contribution in [1.29, 1.82) is 0 Å². The highest BCUT2D eigenvalue weighted by Gasteiger charge is 2.32. The van der Waals surface area contributed by atoms with E-state index in [0.717, 1.165) is 48.1 Å². The van der Waals surface area contributed by atoms with Crippen LogP contribution in [-0.2, 0) is 6.54 Å². The van der Waals surface area contributed by atoms with Gasteiger partial charge in [0.2, 0.25) is 0 Å². The molecule has 0 aromatic carbocycles. The van der Waals surface area contributed by atoms with Gasteiger partial charge in [0.05, 0.1) is 17.4 Å². The quantitative estimate of drug-likeness (QED) is 0.208. The maximum atomic E-state index is 13.0. The van der Waals surface area contributed by atoms with Crippen LogP contribution in [0.3, 0.4) is 0 Å². The van der Waals surface area contributed by atoms with Crippen molar-refractivity contribution < 1.29 is 13.2 Å². The number of nitrogens with one attached hydrogen (secondary N) is 1. The number of rotatable bonds is 5. The van der Waals surface area contributed by atoms with Crippen molar-refractivity contribution in [1.82, 2.24) is 14.8 Å². The fourth-order valence-corrected chi connectivity index (χ4v) is 3.61. The molecular formula is C24H34F3IN4S. The molecule has 0 fully saturated rings. The van der Waals surface area contributed by atoms with Crippen LogP contribution in [0.4, 0.5) is 19.0 Å². The van der Waals surface area contributed by atoms with Crippen molar-refractivity contribution in [3.8, 4) is 0 Å². The number of hydrogen-bond donors (Lipinski definition) is 2. The third kappa shape index (κ3) is 8.05. The molecule has 3 rings (SSSR count). The smallest absolute Gasteiger partial charge is 0.361 e. The largest absolute Gasteiger partial charge is 0.415 e. The second-order valence-electron chi connectivity index (χ2n) is 7.97. The summed E-state index contributed by atoms with van der Waals surface area (Å²) in [6.07, 6.45) is 0.345. The van der Waals surface area contributed by atoms with E-state index in [1.54, 1.807) is 0 Å². The summed E-state index contributed by atoms with van der Waals surface area (Å²) in [7, 11) is 3.50. The van der Waals surface area contributed by atoms with E-state index in [2.05, 4.69) is 37.8 Å². The van der Waals surface area contributed by atoms with E-state index in [0.29, 0.717) is 11.3 Å². The minimum Gasteiger partial charge on any atom is -0.361 e. The van der Waals surface area contributed by atoms with Gasteiger partial charge in [-0.3, -0.25) is 4.68 Å². The van der Waals surface area contributed by atoms with E-state index in [4.69, 9.17) is 0 Å². The fourth-order valence-electron chi connectivity index (χ4n) is 3.61. The third-order valence-corrected chi connectivity index (χ3v) is 5.17. The van der Waals surface area contributed by atoms with Gasteiger partial charge in [-0.15, -0.1) is 9.80 Å². The van der Waals surface area contributed by atoms with Gasteiger partial charge in [-0.2, -0.15) is 18.3 Å². The van der Waals surface area contributed by atoms with Crippen LogP contribution in [0.1, 0.15) is 69.1 Å². The first kappa shape index (κ1) is 29.5. The molecule has 2 aromatic rings. The molecule has 1 aliphatic heterocycles. The molecule has 0 amide bonds. The lowest BCUT2D eigenvalue weighted by Gasteiger charge is -2.25. The topological polar surface area (TPSA) is 42.7 Å². The minimum absolute atomic E-state index is 0.0122. The highest BCUT2D eigenvalue weighted by Crippen LogP contribution is 2.34. The average Bonchev–Trinajstić information content (AvgIpc) is 3.20. The lowest BCUT2D eigenvalue weighted by molar-refractivity contribution is -0.0877. The van der Waals surface area contributed by atoms with Crippen LogP contribution in [-0.4, -0.2) is 20.9 Å². The molecule has 2 aromatic heterocycles. The molecule has 0 spiro atoms. The Morgan fingerprint density at radius 2 is 1.91 bits per heavy atom. The second-order valence-corrected chi connectivity index (χ2v) is 7.97. The Labute approximate surface area is 213 Å². The Morgan fingerprint density at radius 3 is 2.45 bits per heavy atom. The number of fused-ring (bicyclic) bond motifs is 1. The van der Waals surface area contributed by atoms with E-state index in [-0.39, 0.29) is 12.0 Å². The first-order chi connectivity index (χ1) is 15.6. The van der Waals surface area contributed by atoms with Gasteiger partial charge < -0.3 is 5.32 Å². The highest BCUT2D eigenvalue weighted by molar-refractivity contribution is 14.2. The Hall–Kier alpha value is -1.49. The van der Waals surface area contributed by atoms with Crippen LogP contribution in [0.15, 0.2) is 36.6 Å². The van der Waals surface area contributed by atoms with Gasteiger partial charge >= 0.3 is 6.18 Å². The van der Waals surface area contributed by atoms with Gasteiger partial charge in [0.1, 0.15) is 5.82 Å². The zero-order valence-electron chi connectivity index (χ0n) is 20.1. The lowest BCUT2D eigenvalue weighted by atomic mass is 9.96. The number of nitrogens with zero attached hydrogens (tertiary/aromatic N) is 3. The number of pyridine rings is 1. The molecule has 3 heterocycles. The molecule has 1 N–H and O–H groups in total. The molecule has 0 saturated carbocycles. The minimum atomic E-state index is -4.45. The normalized spacial score (nSPS) is 15.6. The molecule has 0 radical (unpaired) electrons. The van der Waals surface area contributed by atoms with Crippen LogP contribution in [0, 0.1) is 19.8 Å². The molecule has 1 unspecified atom stereocenters. The summed E-state index contributed by atoms with van der Waals surface area (Å²) in [5, 5.41) is 8.11. The van der Waals surface area contributed by atoms with E-state index >= 15 is 0 Å². The first-order valence-electron chi connectivity index (χ1n) is 11.0. The highest BCUT2D eigenvalue weighted by atomic mass is 127. The Balaban J connectivity index is 0.00000129. The molecule has 184 valence electrons. The van der Waals surface area contributed by atoms with Crippen molar-refractivity contribution >= 4 is 42.4 Å². The number of anilines is 1. The summed E-state index contributed by atoms with van der Waals surface area (Å²) >= 11 is 1.84. The molecule has 0 saturated heterocycles. The zero-order chi connectivity index (χ0) is 25.3. The molecule has 0 bridgehead atoms. The molecule has 0 aliphatic carbocycles. The molecule has 33 heavy (non-hydrogen) atoms. The van der Waals surface area contributed by atoms with Crippen LogP contribution in [0.5, 0.6) is 0 Å². The maximum Gasteiger partial charge on any atom is 0.415 e. The maximum absolute atomic E-state index is 13.0. The van der Waals surface area contributed by atoms with Crippen molar-refractivity contribution in [2.24, 2.45) is 5.92 Å². The number of alkyl halides is 3. The number of halogens is 4. The van der Waals surface area contributed by atoms with Crippen LogP contribution in [0.25, 0.3) is 5.57 Å². The summed E-state index contributed by atoms with van der Waals surface area (Å²) < 4.78 is 40.9. The monoisotopic (exact) mass is 594 g/mol. The Bertz CT molecular complexity index is 952. The summed E-state index contributed by atoms with van der Waals surface area (Å²) in [6, 6.07) is 3.98. The molecular weight excluding hydrogens is 560 g/mol. The van der Waals surface area contributed by atoms with Crippen LogP contribution in [0.2, 0.25) is 0 Å². The molecule has 9 heteroatoms. The van der Waals surface area contributed by atoms with Crippen molar-refractivity contribution in [3.63, 3.8) is 0 Å². The SMILES string of the molecule is C=C(/C=C(/c1cc2n(n1)CCCC2Nc1ncc(C)cc1C)C(C)C)C(F)(F)F.CC.SI. The Morgan fingerprint density at radius 1 is 1.27 bits per heavy atom. The standard InChI is InChI=1S/C22H27F3N4.C2H6.HIS/c1-13(2)17(10-16(5)22(23,24)25)19-11-20-18(7-6-8-29(20)28-19)27-21-15(4)9-14(3)12-26-21;2*1-2/h9-13,18H,5-8H2,1-4H3,(H,26,27);1-2H3;2H/b17-10+;;. The zero-order valence-corrected chi connectivity index (χ0v) is 23.1. The molecule has 1 atom stereocenters. The van der Waals surface area contributed by atoms with Gasteiger partial charge in [-0.05, 0) is 82.7 Å². The number of aryl methyl sites for hydroxylation is 3. The van der Waals surface area contributed by atoms with Crippen molar-refractivity contribution in [3.05, 3.63) is 59.1 Å². The van der Waals surface area contributed by atoms with Crippen molar-refractivity contribution in [2.45, 2.75) is 73.1 Å². The van der Waals surface area contributed by atoms with E-state index in [9.17, 15) is 13.2 Å². The summed E-state index contributed by atoms with van der Waals surface area (Å²) in [5.41, 5.74) is 3.38. The number of hydrogen-bond acceptors (Lipinski definition) is 4. The van der Waals surface area contributed by atoms with Gasteiger partial charge in [0, 0.05) is 18.3 Å². The van der Waals surface area contributed by atoms with Gasteiger partial charge in [0.15, 0.2) is 0 Å². The van der Waals surface area contributed by atoms with E-state index < -0.39 is 11.7 Å². The predicted octanol–water partition coefficient (Wildman–Crippen LogP) is 8.29. The second kappa shape index (κ2) is 13.4. The predicted molar refractivity (Wildman–Crippen MR) is 144 cm³/mol. The van der Waals surface area contributed by atoms with E-state index in [1.807, 2.05) is 79.7 Å². The number of aromatic nitrogens is 3. The first-order valence-corrected chi connectivity index (χ1v) is 14.2.